The maximum Gasteiger partial charge on any atom is 0.150 e. The van der Waals surface area contributed by atoms with Crippen molar-refractivity contribution in [2.45, 2.75) is 25.9 Å². The van der Waals surface area contributed by atoms with Crippen molar-refractivity contribution >= 4 is 5.69 Å². The molecule has 1 N–H and O–H groups in total. The molecule has 1 fully saturated rings. The summed E-state index contributed by atoms with van der Waals surface area (Å²) in [4.78, 5) is 1.62. The highest BCUT2D eigenvalue weighted by Gasteiger charge is 2.27. The van der Waals surface area contributed by atoms with Gasteiger partial charge in [-0.3, -0.25) is 0 Å². The average Bonchev–Trinajstić information content (AvgIpc) is 2.38. The molecule has 0 aromatic heterocycles. The second-order valence-corrected chi connectivity index (χ2v) is 4.99. The second-order valence-electron chi connectivity index (χ2n) is 4.99. The number of hydrogen-bond donors (Lipinski definition) is 1. The van der Waals surface area contributed by atoms with Gasteiger partial charge in [0.25, 0.3) is 0 Å². The topological polar surface area (TPSA) is 47.3 Å². The highest BCUT2D eigenvalue weighted by Crippen LogP contribution is 2.30. The third-order valence-corrected chi connectivity index (χ3v) is 3.60. The fourth-order valence-electron chi connectivity index (χ4n) is 2.54. The van der Waals surface area contributed by atoms with Gasteiger partial charge in [-0.15, -0.1) is 0 Å². The first-order valence-corrected chi connectivity index (χ1v) is 6.35. The Morgan fingerprint density at radius 3 is 2.58 bits per heavy atom. The minimum atomic E-state index is -0.720. The first kappa shape index (κ1) is 13.8. The fraction of sp³-hybridized carbons (Fsp3) is 0.500. The molecule has 0 radical (unpaired) electrons. The maximum atomic E-state index is 13.9. The van der Waals surface area contributed by atoms with Crippen molar-refractivity contribution in [3.63, 3.8) is 0 Å². The third kappa shape index (κ3) is 2.85. The van der Waals surface area contributed by atoms with Crippen molar-refractivity contribution in [1.29, 1.82) is 5.26 Å². The molecular weight excluding hydrogens is 250 g/mol. The molecule has 0 saturated carbocycles. The van der Waals surface area contributed by atoms with Crippen molar-refractivity contribution in [3.05, 3.63) is 29.3 Å². The van der Waals surface area contributed by atoms with E-state index in [1.807, 2.05) is 0 Å². The van der Waals surface area contributed by atoms with E-state index in [4.69, 9.17) is 5.26 Å². The van der Waals surface area contributed by atoms with Crippen molar-refractivity contribution in [2.24, 2.45) is 5.92 Å². The van der Waals surface area contributed by atoms with Gasteiger partial charge in [0.15, 0.2) is 11.6 Å². The van der Waals surface area contributed by atoms with Crippen LogP contribution in [-0.2, 0) is 0 Å². The van der Waals surface area contributed by atoms with Gasteiger partial charge in [0.2, 0.25) is 0 Å². The monoisotopic (exact) mass is 266 g/mol. The summed E-state index contributed by atoms with van der Waals surface area (Å²) < 4.78 is 27.8. The van der Waals surface area contributed by atoms with Crippen LogP contribution >= 0.6 is 0 Å². The van der Waals surface area contributed by atoms with Crippen LogP contribution in [0.5, 0.6) is 0 Å². The number of benzene rings is 1. The number of aliphatic hydroxyl groups is 1. The van der Waals surface area contributed by atoms with E-state index in [-0.39, 0.29) is 17.2 Å². The van der Waals surface area contributed by atoms with Crippen LogP contribution in [0.1, 0.15) is 25.3 Å². The van der Waals surface area contributed by atoms with E-state index < -0.39 is 17.7 Å². The standard InChI is InChI=1S/C14H16F2N2O/c1-9(19)11-3-2-4-18(8-11)14-12(15)5-10(7-17)6-13(14)16/h5-6,9,11,19H,2-4,8H2,1H3. The summed E-state index contributed by atoms with van der Waals surface area (Å²) in [7, 11) is 0. The van der Waals surface area contributed by atoms with E-state index >= 15 is 0 Å². The SMILES string of the molecule is CC(O)C1CCCN(c2c(F)cc(C#N)cc2F)C1. The van der Waals surface area contributed by atoms with Gasteiger partial charge < -0.3 is 10.0 Å². The average molecular weight is 266 g/mol. The number of hydrogen-bond acceptors (Lipinski definition) is 3. The summed E-state index contributed by atoms with van der Waals surface area (Å²) in [6.45, 7) is 2.68. The molecule has 1 aliphatic heterocycles. The van der Waals surface area contributed by atoms with Gasteiger partial charge in [0.05, 0.1) is 17.7 Å². The lowest BCUT2D eigenvalue weighted by Crippen LogP contribution is -2.40. The fourth-order valence-corrected chi connectivity index (χ4v) is 2.54. The van der Waals surface area contributed by atoms with E-state index in [9.17, 15) is 13.9 Å². The lowest BCUT2D eigenvalue weighted by molar-refractivity contribution is 0.114. The molecule has 2 atom stereocenters. The molecule has 1 aromatic rings. The van der Waals surface area contributed by atoms with Gasteiger partial charge in [-0.25, -0.2) is 8.78 Å². The highest BCUT2D eigenvalue weighted by atomic mass is 19.1. The summed E-state index contributed by atoms with van der Waals surface area (Å²) in [6.07, 6.45) is 1.15. The summed E-state index contributed by atoms with van der Waals surface area (Å²) >= 11 is 0. The number of rotatable bonds is 2. The normalized spacial score (nSPS) is 21.0. The number of piperidine rings is 1. The Balaban J connectivity index is 2.29. The first-order chi connectivity index (χ1) is 9.02. The molecule has 0 amide bonds. The van der Waals surface area contributed by atoms with Crippen LogP contribution in [0.3, 0.4) is 0 Å². The Hall–Kier alpha value is -1.67. The van der Waals surface area contributed by atoms with E-state index in [1.165, 1.54) is 0 Å². The van der Waals surface area contributed by atoms with Gasteiger partial charge in [-0.05, 0) is 31.9 Å². The quantitative estimate of drug-likeness (QED) is 0.894. The largest absolute Gasteiger partial charge is 0.393 e. The molecule has 19 heavy (non-hydrogen) atoms. The Kier molecular flexibility index (Phi) is 4.01. The molecule has 1 aliphatic rings. The molecule has 3 nitrogen and oxygen atoms in total. The van der Waals surface area contributed by atoms with Crippen LogP contribution in [0, 0.1) is 28.9 Å². The van der Waals surface area contributed by atoms with Crippen molar-refractivity contribution in [3.8, 4) is 6.07 Å². The van der Waals surface area contributed by atoms with Crippen molar-refractivity contribution < 1.29 is 13.9 Å². The van der Waals surface area contributed by atoms with Gasteiger partial charge in [0, 0.05) is 19.0 Å². The maximum absolute atomic E-state index is 13.9. The number of nitriles is 1. The smallest absolute Gasteiger partial charge is 0.150 e. The second kappa shape index (κ2) is 5.54. The van der Waals surface area contributed by atoms with Crippen LogP contribution in [0.15, 0.2) is 12.1 Å². The summed E-state index contributed by atoms with van der Waals surface area (Å²) in [5.41, 5.74) is -0.118. The molecule has 1 saturated heterocycles. The molecule has 2 rings (SSSR count). The Labute approximate surface area is 111 Å². The molecule has 2 unspecified atom stereocenters. The van der Waals surface area contributed by atoms with Crippen LogP contribution in [0.2, 0.25) is 0 Å². The van der Waals surface area contributed by atoms with E-state index in [0.29, 0.717) is 13.1 Å². The minimum absolute atomic E-state index is 0.0168. The third-order valence-electron chi connectivity index (χ3n) is 3.60. The minimum Gasteiger partial charge on any atom is -0.393 e. The Bertz CT molecular complexity index is 488. The molecule has 1 aromatic carbocycles. The number of aliphatic hydroxyl groups excluding tert-OH is 1. The van der Waals surface area contributed by atoms with Crippen LogP contribution in [-0.4, -0.2) is 24.3 Å². The first-order valence-electron chi connectivity index (χ1n) is 6.35. The Morgan fingerprint density at radius 1 is 1.42 bits per heavy atom. The molecule has 5 heteroatoms. The zero-order chi connectivity index (χ0) is 14.0. The molecule has 0 bridgehead atoms. The summed E-state index contributed by atoms with van der Waals surface area (Å²) in [5, 5.41) is 18.3. The van der Waals surface area contributed by atoms with Gasteiger partial charge in [-0.2, -0.15) is 5.26 Å². The molecule has 1 heterocycles. The summed E-state index contributed by atoms with van der Waals surface area (Å²) in [5.74, 6) is -1.42. The van der Waals surface area contributed by atoms with E-state index in [1.54, 1.807) is 17.9 Å². The number of halogens is 2. The van der Waals surface area contributed by atoms with Crippen LogP contribution in [0.25, 0.3) is 0 Å². The number of nitrogens with zero attached hydrogens (tertiary/aromatic N) is 2. The van der Waals surface area contributed by atoms with E-state index in [2.05, 4.69) is 0 Å². The predicted octanol–water partition coefficient (Wildman–Crippen LogP) is 2.43. The van der Waals surface area contributed by atoms with Crippen molar-refractivity contribution in [2.75, 3.05) is 18.0 Å². The molecule has 0 spiro atoms. The molecule has 0 aliphatic carbocycles. The van der Waals surface area contributed by atoms with Gasteiger partial charge in [-0.1, -0.05) is 0 Å². The van der Waals surface area contributed by atoms with E-state index in [0.717, 1.165) is 25.0 Å². The lowest BCUT2D eigenvalue weighted by Gasteiger charge is -2.36. The Morgan fingerprint density at radius 2 is 2.05 bits per heavy atom. The van der Waals surface area contributed by atoms with Crippen LogP contribution < -0.4 is 4.90 Å². The zero-order valence-electron chi connectivity index (χ0n) is 10.7. The van der Waals surface area contributed by atoms with Gasteiger partial charge >= 0.3 is 0 Å². The molecule has 102 valence electrons. The highest BCUT2D eigenvalue weighted by molar-refractivity contribution is 5.53. The predicted molar refractivity (Wildman–Crippen MR) is 67.7 cm³/mol. The lowest BCUT2D eigenvalue weighted by atomic mass is 9.93. The summed E-state index contributed by atoms with van der Waals surface area (Å²) in [6, 6.07) is 3.82. The molecular formula is C14H16F2N2O. The van der Waals surface area contributed by atoms with Crippen LogP contribution in [0.4, 0.5) is 14.5 Å². The van der Waals surface area contributed by atoms with Crippen molar-refractivity contribution in [1.82, 2.24) is 0 Å². The number of anilines is 1. The van der Waals surface area contributed by atoms with Gasteiger partial charge in [0.1, 0.15) is 5.69 Å². The zero-order valence-corrected chi connectivity index (χ0v) is 10.7.